The summed E-state index contributed by atoms with van der Waals surface area (Å²) in [5, 5.41) is 23.5. The normalized spacial score (nSPS) is 11.0. The van der Waals surface area contributed by atoms with Crippen LogP contribution in [-0.2, 0) is 22.4 Å². The molecule has 2 amide bonds. The molecule has 0 aliphatic heterocycles. The molecule has 42 heavy (non-hydrogen) atoms. The summed E-state index contributed by atoms with van der Waals surface area (Å²) in [4.78, 5) is 43.4. The molecule has 4 aromatic carbocycles. The molecule has 0 saturated carbocycles. The minimum Gasteiger partial charge on any atom is -0.481 e. The predicted octanol–water partition coefficient (Wildman–Crippen LogP) is 6.20. The van der Waals surface area contributed by atoms with Gasteiger partial charge in [-0.25, -0.2) is 14.8 Å². The highest BCUT2D eigenvalue weighted by atomic mass is 16.4. The average molecular weight is 563 g/mol. The predicted molar refractivity (Wildman–Crippen MR) is 154 cm³/mol. The fraction of sp³-hybridized carbons (Fsp3) is 0.0645. The number of carboxylic acids is 2. The number of anilines is 2. The third-order valence-corrected chi connectivity index (χ3v) is 6.39. The van der Waals surface area contributed by atoms with Gasteiger partial charge in [0.25, 0.3) is 0 Å². The molecule has 0 radical (unpaired) electrons. The summed E-state index contributed by atoms with van der Waals surface area (Å²) in [6.45, 7) is 0. The summed E-state index contributed by atoms with van der Waals surface area (Å²) in [7, 11) is 0. The van der Waals surface area contributed by atoms with E-state index in [4.69, 9.17) is 19.0 Å². The van der Waals surface area contributed by atoms with Crippen LogP contribution in [0, 0.1) is 0 Å². The smallest absolute Gasteiger partial charge is 0.323 e. The summed E-state index contributed by atoms with van der Waals surface area (Å²) >= 11 is 0. The number of amides is 2. The van der Waals surface area contributed by atoms with Crippen LogP contribution in [0.15, 0.2) is 93.8 Å². The minimum atomic E-state index is -0.919. The third-order valence-electron chi connectivity index (χ3n) is 6.39. The van der Waals surface area contributed by atoms with Crippen LogP contribution in [0.2, 0.25) is 0 Å². The first kappa shape index (κ1) is 26.3. The van der Waals surface area contributed by atoms with Crippen LogP contribution in [0.25, 0.3) is 45.1 Å². The van der Waals surface area contributed by atoms with Gasteiger partial charge < -0.3 is 29.7 Å². The van der Waals surface area contributed by atoms with Crippen molar-refractivity contribution >= 4 is 51.5 Å². The van der Waals surface area contributed by atoms with Gasteiger partial charge in [0.15, 0.2) is 11.2 Å². The Morgan fingerprint density at radius 3 is 1.38 bits per heavy atom. The monoisotopic (exact) mass is 562 g/mol. The second-order valence-electron chi connectivity index (χ2n) is 9.52. The molecular formula is C31H22N4O7. The van der Waals surface area contributed by atoms with Crippen LogP contribution in [0.1, 0.15) is 11.1 Å². The lowest BCUT2D eigenvalue weighted by Crippen LogP contribution is -2.19. The molecule has 4 N–H and O–H groups in total. The number of aromatic nitrogens is 2. The van der Waals surface area contributed by atoms with E-state index in [1.165, 1.54) is 0 Å². The van der Waals surface area contributed by atoms with Gasteiger partial charge in [-0.05, 0) is 83.9 Å². The Balaban J connectivity index is 1.08. The van der Waals surface area contributed by atoms with Crippen LogP contribution in [0.5, 0.6) is 0 Å². The number of oxazole rings is 2. The number of hydrogen-bond donors (Lipinski definition) is 4. The van der Waals surface area contributed by atoms with E-state index in [1.807, 2.05) is 0 Å². The maximum Gasteiger partial charge on any atom is 0.323 e. The van der Waals surface area contributed by atoms with E-state index in [0.717, 1.165) is 0 Å². The van der Waals surface area contributed by atoms with Crippen molar-refractivity contribution in [1.82, 2.24) is 9.97 Å². The molecule has 6 aromatic rings. The van der Waals surface area contributed by atoms with Crippen molar-refractivity contribution in [2.75, 3.05) is 10.6 Å². The van der Waals surface area contributed by atoms with Gasteiger partial charge in [0.2, 0.25) is 11.8 Å². The number of aliphatic carboxylic acids is 2. The second-order valence-corrected chi connectivity index (χ2v) is 9.52. The highest BCUT2D eigenvalue weighted by molar-refractivity contribution is 6.00. The van der Waals surface area contributed by atoms with Gasteiger partial charge in [0, 0.05) is 22.5 Å². The van der Waals surface area contributed by atoms with Gasteiger partial charge in [-0.2, -0.15) is 0 Å². The molecule has 6 rings (SSSR count). The number of carbonyl (C=O) groups excluding carboxylic acids is 1. The van der Waals surface area contributed by atoms with E-state index >= 15 is 0 Å². The molecule has 0 aliphatic carbocycles. The van der Waals surface area contributed by atoms with Crippen LogP contribution in [0.3, 0.4) is 0 Å². The first-order valence-electron chi connectivity index (χ1n) is 12.8. The Hall–Kier alpha value is -5.97. The van der Waals surface area contributed by atoms with Crippen molar-refractivity contribution < 1.29 is 33.4 Å². The Labute approximate surface area is 237 Å². The summed E-state index contributed by atoms with van der Waals surface area (Å²) < 4.78 is 11.6. The molecule has 2 heterocycles. The fourth-order valence-corrected chi connectivity index (χ4v) is 4.45. The number of urea groups is 1. The number of benzene rings is 4. The van der Waals surface area contributed by atoms with Crippen LogP contribution in [-0.4, -0.2) is 38.2 Å². The molecule has 208 valence electrons. The van der Waals surface area contributed by atoms with Gasteiger partial charge in [-0.15, -0.1) is 0 Å². The molecule has 11 heteroatoms. The van der Waals surface area contributed by atoms with Crippen molar-refractivity contribution in [3.05, 3.63) is 96.1 Å². The van der Waals surface area contributed by atoms with Crippen molar-refractivity contribution in [3.8, 4) is 22.9 Å². The maximum atomic E-state index is 12.6. The minimum absolute atomic E-state index is 0.0958. The van der Waals surface area contributed by atoms with E-state index in [1.54, 1.807) is 84.9 Å². The van der Waals surface area contributed by atoms with Crippen LogP contribution in [0.4, 0.5) is 16.2 Å². The lowest BCUT2D eigenvalue weighted by molar-refractivity contribution is -0.137. The lowest BCUT2D eigenvalue weighted by atomic mass is 10.1. The van der Waals surface area contributed by atoms with Gasteiger partial charge in [-0.1, -0.05) is 12.1 Å². The number of nitrogens with zero attached hydrogens (tertiary/aromatic N) is 2. The molecule has 0 unspecified atom stereocenters. The average Bonchev–Trinajstić information content (AvgIpc) is 3.57. The molecule has 11 nitrogen and oxygen atoms in total. The molecular weight excluding hydrogens is 540 g/mol. The summed E-state index contributed by atoms with van der Waals surface area (Å²) in [5.74, 6) is -1.07. The SMILES string of the molecule is O=C(O)Cc1ccc2oc(-c3ccc(NC(=O)Nc4ccc(-c5nc6cc(CC(=O)O)ccc6o5)cc4)cc3)nc2c1. The molecule has 0 atom stereocenters. The van der Waals surface area contributed by atoms with Crippen molar-refractivity contribution in [3.63, 3.8) is 0 Å². The first-order chi connectivity index (χ1) is 20.3. The molecule has 0 bridgehead atoms. The molecule has 0 saturated heterocycles. The Bertz CT molecular complexity index is 1820. The standard InChI is InChI=1S/C31H22N4O7/c36-27(37)15-17-1-11-25-23(13-17)34-29(41-25)19-3-7-21(8-4-19)32-31(40)33-22-9-5-20(6-10-22)30-35-24-14-18(16-28(38)39)2-12-26(24)42-30/h1-14H,15-16H2,(H,36,37)(H,38,39)(H2,32,33,40). The molecule has 0 aliphatic rings. The molecule has 0 spiro atoms. The number of carbonyl (C=O) groups is 3. The van der Waals surface area contributed by atoms with Gasteiger partial charge in [0.05, 0.1) is 12.8 Å². The van der Waals surface area contributed by atoms with E-state index < -0.39 is 18.0 Å². The largest absolute Gasteiger partial charge is 0.481 e. The number of hydrogen-bond acceptors (Lipinski definition) is 7. The zero-order valence-electron chi connectivity index (χ0n) is 21.8. The van der Waals surface area contributed by atoms with E-state index in [9.17, 15) is 14.4 Å². The molecule has 0 fully saturated rings. The van der Waals surface area contributed by atoms with E-state index in [0.29, 0.717) is 67.6 Å². The van der Waals surface area contributed by atoms with Crippen molar-refractivity contribution in [2.24, 2.45) is 0 Å². The molecule has 2 aromatic heterocycles. The Morgan fingerprint density at radius 2 is 1.00 bits per heavy atom. The maximum absolute atomic E-state index is 12.6. The fourth-order valence-electron chi connectivity index (χ4n) is 4.45. The first-order valence-corrected chi connectivity index (χ1v) is 12.8. The summed E-state index contributed by atoms with van der Waals surface area (Å²) in [6, 6.07) is 23.7. The Kier molecular flexibility index (Phi) is 6.81. The van der Waals surface area contributed by atoms with Gasteiger partial charge >= 0.3 is 18.0 Å². The zero-order chi connectivity index (χ0) is 29.2. The third kappa shape index (κ3) is 5.80. The highest BCUT2D eigenvalue weighted by Gasteiger charge is 2.13. The van der Waals surface area contributed by atoms with Crippen molar-refractivity contribution in [1.29, 1.82) is 0 Å². The Morgan fingerprint density at radius 1 is 0.595 bits per heavy atom. The van der Waals surface area contributed by atoms with E-state index in [-0.39, 0.29) is 12.8 Å². The summed E-state index contributed by atoms with van der Waals surface area (Å²) in [5.41, 5.74) is 6.01. The quantitative estimate of drug-likeness (QED) is 0.169. The summed E-state index contributed by atoms with van der Waals surface area (Å²) in [6.07, 6.45) is -0.192. The highest BCUT2D eigenvalue weighted by Crippen LogP contribution is 2.28. The zero-order valence-corrected chi connectivity index (χ0v) is 21.8. The van der Waals surface area contributed by atoms with Crippen LogP contribution < -0.4 is 10.6 Å². The number of carboxylic acid groups (broad SMARTS) is 2. The topological polar surface area (TPSA) is 168 Å². The second kappa shape index (κ2) is 10.9. The van der Waals surface area contributed by atoms with E-state index in [2.05, 4.69) is 20.6 Å². The number of fused-ring (bicyclic) bond motifs is 2. The van der Waals surface area contributed by atoms with Gasteiger partial charge in [0.1, 0.15) is 11.0 Å². The number of nitrogens with one attached hydrogen (secondary N) is 2. The van der Waals surface area contributed by atoms with Gasteiger partial charge in [-0.3, -0.25) is 9.59 Å². The lowest BCUT2D eigenvalue weighted by Gasteiger charge is -2.08. The van der Waals surface area contributed by atoms with Crippen molar-refractivity contribution in [2.45, 2.75) is 12.8 Å². The van der Waals surface area contributed by atoms with Crippen LogP contribution >= 0.6 is 0 Å². The number of rotatable bonds is 8.